The van der Waals surface area contributed by atoms with E-state index in [1.54, 1.807) is 0 Å². The van der Waals surface area contributed by atoms with E-state index < -0.39 is 0 Å². The zero-order chi connectivity index (χ0) is 10.5. The van der Waals surface area contributed by atoms with Crippen molar-refractivity contribution in [2.24, 2.45) is 5.92 Å². The van der Waals surface area contributed by atoms with Gasteiger partial charge in [-0.1, -0.05) is 0 Å². The predicted octanol–water partition coefficient (Wildman–Crippen LogP) is 1.97. The van der Waals surface area contributed by atoms with Gasteiger partial charge in [-0.05, 0) is 40.4 Å². The maximum Gasteiger partial charge on any atom is 0.0542 e. The van der Waals surface area contributed by atoms with E-state index in [9.17, 15) is 0 Å². The number of hydrogen-bond acceptors (Lipinski definition) is 3. The van der Waals surface area contributed by atoms with Crippen molar-refractivity contribution >= 4 is 15.9 Å². The van der Waals surface area contributed by atoms with Crippen LogP contribution in [0.4, 0.5) is 0 Å². The molecule has 0 spiro atoms. The first-order valence-corrected chi connectivity index (χ1v) is 6.03. The van der Waals surface area contributed by atoms with Gasteiger partial charge < -0.3 is 10.1 Å². The van der Waals surface area contributed by atoms with E-state index in [4.69, 9.17) is 4.74 Å². The average Bonchev–Trinajstić information content (AvgIpc) is 2.74. The molecule has 0 radical (unpaired) electrons. The zero-order valence-corrected chi connectivity index (χ0v) is 10.2. The minimum Gasteiger partial charge on any atom is -0.381 e. The van der Waals surface area contributed by atoms with E-state index in [1.165, 1.54) is 6.42 Å². The molecule has 0 aromatic carbocycles. The summed E-state index contributed by atoms with van der Waals surface area (Å²) in [6, 6.07) is 4.05. The molecule has 15 heavy (non-hydrogen) atoms. The van der Waals surface area contributed by atoms with Gasteiger partial charge in [0.2, 0.25) is 0 Å². The highest BCUT2D eigenvalue weighted by atomic mass is 79.9. The molecule has 82 valence electrons. The number of halogens is 1. The second-order valence-corrected chi connectivity index (χ2v) is 4.74. The summed E-state index contributed by atoms with van der Waals surface area (Å²) in [5.41, 5.74) is 1.08. The Labute approximate surface area is 98.4 Å². The molecule has 0 bridgehead atoms. The average molecular weight is 271 g/mol. The minimum absolute atomic E-state index is 0.681. The first-order chi connectivity index (χ1) is 7.34. The predicted molar refractivity (Wildman–Crippen MR) is 62.6 cm³/mol. The van der Waals surface area contributed by atoms with Crippen molar-refractivity contribution in [3.05, 3.63) is 28.5 Å². The van der Waals surface area contributed by atoms with E-state index >= 15 is 0 Å². The third-order valence-electron chi connectivity index (χ3n) is 2.55. The fraction of sp³-hybridized carbons (Fsp3) is 0.545. The second kappa shape index (κ2) is 5.58. The Morgan fingerprint density at radius 2 is 2.47 bits per heavy atom. The highest BCUT2D eigenvalue weighted by Gasteiger charge is 2.14. The molecule has 1 aliphatic rings. The minimum atomic E-state index is 0.681. The highest BCUT2D eigenvalue weighted by Crippen LogP contribution is 2.11. The van der Waals surface area contributed by atoms with Crippen LogP contribution in [0.3, 0.4) is 0 Å². The van der Waals surface area contributed by atoms with E-state index in [2.05, 4.69) is 26.2 Å². The lowest BCUT2D eigenvalue weighted by atomic mass is 10.1. The molecule has 0 aliphatic carbocycles. The molecule has 0 saturated carbocycles. The van der Waals surface area contributed by atoms with E-state index in [1.807, 2.05) is 18.3 Å². The van der Waals surface area contributed by atoms with Crippen molar-refractivity contribution in [2.75, 3.05) is 19.8 Å². The van der Waals surface area contributed by atoms with Crippen LogP contribution in [0.5, 0.6) is 0 Å². The van der Waals surface area contributed by atoms with Gasteiger partial charge in [0, 0.05) is 30.4 Å². The molecule has 4 heteroatoms. The zero-order valence-electron chi connectivity index (χ0n) is 8.58. The van der Waals surface area contributed by atoms with Crippen LogP contribution in [-0.4, -0.2) is 24.7 Å². The van der Waals surface area contributed by atoms with E-state index in [0.29, 0.717) is 5.92 Å². The maximum absolute atomic E-state index is 5.31. The SMILES string of the molecule is Brc1ccc(CNCC2CCOC2)nc1. The monoisotopic (exact) mass is 270 g/mol. The Kier molecular flexibility index (Phi) is 4.11. The summed E-state index contributed by atoms with van der Waals surface area (Å²) in [5.74, 6) is 0.681. The number of nitrogens with one attached hydrogen (secondary N) is 1. The Bertz CT molecular complexity index is 296. The quantitative estimate of drug-likeness (QED) is 0.909. The number of ether oxygens (including phenoxy) is 1. The third-order valence-corrected chi connectivity index (χ3v) is 3.02. The normalized spacial score (nSPS) is 20.7. The second-order valence-electron chi connectivity index (χ2n) is 3.83. The first-order valence-electron chi connectivity index (χ1n) is 5.23. The number of hydrogen-bond donors (Lipinski definition) is 1. The summed E-state index contributed by atoms with van der Waals surface area (Å²) in [5, 5.41) is 3.41. The van der Waals surface area contributed by atoms with Crippen LogP contribution in [-0.2, 0) is 11.3 Å². The third kappa shape index (κ3) is 3.55. The molecule has 0 amide bonds. The van der Waals surface area contributed by atoms with Gasteiger partial charge in [0.05, 0.1) is 12.3 Å². The fourth-order valence-electron chi connectivity index (χ4n) is 1.66. The molecule has 1 aromatic heterocycles. The first kappa shape index (κ1) is 11.0. The van der Waals surface area contributed by atoms with Gasteiger partial charge in [-0.15, -0.1) is 0 Å². The summed E-state index contributed by atoms with van der Waals surface area (Å²) in [6.07, 6.45) is 3.01. The van der Waals surface area contributed by atoms with Crippen LogP contribution in [0.25, 0.3) is 0 Å². The van der Waals surface area contributed by atoms with Gasteiger partial charge in [0.1, 0.15) is 0 Å². The van der Waals surface area contributed by atoms with Gasteiger partial charge in [-0.3, -0.25) is 4.98 Å². The highest BCUT2D eigenvalue weighted by molar-refractivity contribution is 9.10. The van der Waals surface area contributed by atoms with Crippen LogP contribution >= 0.6 is 15.9 Å². The lowest BCUT2D eigenvalue weighted by molar-refractivity contribution is 0.185. The fourth-order valence-corrected chi connectivity index (χ4v) is 1.89. The Morgan fingerprint density at radius 1 is 1.53 bits per heavy atom. The van der Waals surface area contributed by atoms with Gasteiger partial charge in [0.25, 0.3) is 0 Å². The van der Waals surface area contributed by atoms with Crippen molar-refractivity contribution in [3.63, 3.8) is 0 Å². The van der Waals surface area contributed by atoms with Gasteiger partial charge in [-0.2, -0.15) is 0 Å². The molecule has 1 saturated heterocycles. The molecule has 2 heterocycles. The van der Waals surface area contributed by atoms with Gasteiger partial charge in [0.15, 0.2) is 0 Å². The summed E-state index contributed by atoms with van der Waals surface area (Å²) in [7, 11) is 0. The maximum atomic E-state index is 5.31. The Balaban J connectivity index is 1.71. The Morgan fingerprint density at radius 3 is 3.13 bits per heavy atom. The molecule has 1 fully saturated rings. The van der Waals surface area contributed by atoms with Crippen LogP contribution in [0.1, 0.15) is 12.1 Å². The molecule has 1 aliphatic heterocycles. The van der Waals surface area contributed by atoms with Crippen LogP contribution < -0.4 is 5.32 Å². The van der Waals surface area contributed by atoms with E-state index in [0.717, 1.165) is 36.5 Å². The van der Waals surface area contributed by atoms with Crippen LogP contribution in [0.15, 0.2) is 22.8 Å². The van der Waals surface area contributed by atoms with Crippen molar-refractivity contribution in [3.8, 4) is 0 Å². The van der Waals surface area contributed by atoms with Gasteiger partial charge in [-0.25, -0.2) is 0 Å². The number of nitrogens with zero attached hydrogens (tertiary/aromatic N) is 1. The van der Waals surface area contributed by atoms with E-state index in [-0.39, 0.29) is 0 Å². The van der Waals surface area contributed by atoms with Gasteiger partial charge >= 0.3 is 0 Å². The van der Waals surface area contributed by atoms with Crippen molar-refractivity contribution < 1.29 is 4.74 Å². The molecule has 3 nitrogen and oxygen atoms in total. The molecule has 1 aromatic rings. The molecule has 2 rings (SSSR count). The summed E-state index contributed by atoms with van der Waals surface area (Å²) >= 11 is 3.37. The number of rotatable bonds is 4. The topological polar surface area (TPSA) is 34.1 Å². The standard InChI is InChI=1S/C11H15BrN2O/c12-10-1-2-11(14-6-10)7-13-5-9-3-4-15-8-9/h1-2,6,9,13H,3-5,7-8H2. The molecule has 1 N–H and O–H groups in total. The summed E-state index contributed by atoms with van der Waals surface area (Å²) in [4.78, 5) is 4.30. The molecular weight excluding hydrogens is 256 g/mol. The molecule has 1 atom stereocenters. The summed E-state index contributed by atoms with van der Waals surface area (Å²) < 4.78 is 6.34. The largest absolute Gasteiger partial charge is 0.381 e. The van der Waals surface area contributed by atoms with Crippen molar-refractivity contribution in [1.29, 1.82) is 0 Å². The molecular formula is C11H15BrN2O. The summed E-state index contributed by atoms with van der Waals surface area (Å²) in [6.45, 7) is 3.69. The number of pyridine rings is 1. The van der Waals surface area contributed by atoms with Crippen molar-refractivity contribution in [2.45, 2.75) is 13.0 Å². The van der Waals surface area contributed by atoms with Crippen LogP contribution in [0.2, 0.25) is 0 Å². The smallest absolute Gasteiger partial charge is 0.0542 e. The lowest BCUT2D eigenvalue weighted by Gasteiger charge is -2.08. The lowest BCUT2D eigenvalue weighted by Crippen LogP contribution is -2.22. The Hall–Kier alpha value is -0.450. The number of aromatic nitrogens is 1. The molecule has 1 unspecified atom stereocenters. The van der Waals surface area contributed by atoms with Crippen LogP contribution in [0, 0.1) is 5.92 Å². The van der Waals surface area contributed by atoms with Crippen molar-refractivity contribution in [1.82, 2.24) is 10.3 Å².